The molecule has 1 fully saturated rings. The first-order valence-corrected chi connectivity index (χ1v) is 9.04. The summed E-state index contributed by atoms with van der Waals surface area (Å²) in [5.41, 5.74) is 1.20. The normalized spacial score (nSPS) is 17.6. The van der Waals surface area contributed by atoms with Crippen molar-refractivity contribution in [1.82, 2.24) is 5.32 Å². The second-order valence-electron chi connectivity index (χ2n) is 5.50. The van der Waals surface area contributed by atoms with Crippen LogP contribution in [0.5, 0.6) is 5.75 Å². The molecule has 1 N–H and O–H groups in total. The van der Waals surface area contributed by atoms with E-state index in [0.29, 0.717) is 6.04 Å². The summed E-state index contributed by atoms with van der Waals surface area (Å²) in [5, 5.41) is 3.71. The standard InChI is InChI=1S/C16H23Br2NO/c1-20-16-12(9-13(17)10-15(16)18)11-19-14-7-5-3-2-4-6-8-14/h9-10,14,19H,2-8,11H2,1H3. The first-order chi connectivity index (χ1) is 9.70. The minimum absolute atomic E-state index is 0.651. The number of nitrogens with one attached hydrogen (secondary N) is 1. The topological polar surface area (TPSA) is 21.3 Å². The summed E-state index contributed by atoms with van der Waals surface area (Å²) in [6.07, 6.45) is 9.52. The molecule has 1 aromatic carbocycles. The molecule has 0 saturated heterocycles. The summed E-state index contributed by atoms with van der Waals surface area (Å²) in [6.45, 7) is 0.867. The third-order valence-corrected chi connectivity index (χ3v) is 5.02. The smallest absolute Gasteiger partial charge is 0.137 e. The van der Waals surface area contributed by atoms with Crippen LogP contribution in [0.15, 0.2) is 21.1 Å². The summed E-state index contributed by atoms with van der Waals surface area (Å²) >= 11 is 7.12. The average Bonchev–Trinajstić information content (AvgIpc) is 2.37. The van der Waals surface area contributed by atoms with E-state index in [-0.39, 0.29) is 0 Å². The van der Waals surface area contributed by atoms with Gasteiger partial charge in [-0.05, 0) is 40.9 Å². The van der Waals surface area contributed by atoms with Gasteiger partial charge in [-0.15, -0.1) is 0 Å². The summed E-state index contributed by atoms with van der Waals surface area (Å²) in [5.74, 6) is 0.937. The van der Waals surface area contributed by atoms with Gasteiger partial charge in [-0.3, -0.25) is 0 Å². The predicted molar refractivity (Wildman–Crippen MR) is 91.3 cm³/mol. The van der Waals surface area contributed by atoms with Crippen molar-refractivity contribution in [3.05, 3.63) is 26.6 Å². The van der Waals surface area contributed by atoms with E-state index in [9.17, 15) is 0 Å². The number of benzene rings is 1. The molecule has 1 aliphatic rings. The Morgan fingerprint density at radius 3 is 2.40 bits per heavy atom. The molecule has 4 heteroatoms. The molecule has 0 atom stereocenters. The van der Waals surface area contributed by atoms with Gasteiger partial charge in [0.2, 0.25) is 0 Å². The van der Waals surface area contributed by atoms with Crippen LogP contribution in [0.4, 0.5) is 0 Å². The molecule has 0 heterocycles. The van der Waals surface area contributed by atoms with Gasteiger partial charge < -0.3 is 10.1 Å². The fraction of sp³-hybridized carbons (Fsp3) is 0.625. The van der Waals surface area contributed by atoms with Gasteiger partial charge in [0.15, 0.2) is 0 Å². The Bertz CT molecular complexity index is 429. The zero-order chi connectivity index (χ0) is 14.4. The fourth-order valence-corrected chi connectivity index (χ4v) is 4.36. The molecule has 0 amide bonds. The minimum atomic E-state index is 0.651. The maximum atomic E-state index is 5.51. The van der Waals surface area contributed by atoms with Gasteiger partial charge in [0.1, 0.15) is 5.75 Å². The first kappa shape index (κ1) is 16.3. The van der Waals surface area contributed by atoms with Crippen LogP contribution < -0.4 is 10.1 Å². The highest BCUT2D eigenvalue weighted by atomic mass is 79.9. The van der Waals surface area contributed by atoms with Crippen LogP contribution in [0.3, 0.4) is 0 Å². The van der Waals surface area contributed by atoms with Gasteiger partial charge in [0.05, 0.1) is 11.6 Å². The Kier molecular flexibility index (Phi) is 6.85. The van der Waals surface area contributed by atoms with Crippen molar-refractivity contribution in [3.8, 4) is 5.75 Å². The number of hydrogen-bond acceptors (Lipinski definition) is 2. The summed E-state index contributed by atoms with van der Waals surface area (Å²) in [4.78, 5) is 0. The van der Waals surface area contributed by atoms with Crippen LogP contribution in [0.1, 0.15) is 50.5 Å². The molecular formula is C16H23Br2NO. The maximum absolute atomic E-state index is 5.51. The highest BCUT2D eigenvalue weighted by Crippen LogP contribution is 2.32. The van der Waals surface area contributed by atoms with Crippen molar-refractivity contribution >= 4 is 31.9 Å². The van der Waals surface area contributed by atoms with Crippen LogP contribution in [0.25, 0.3) is 0 Å². The number of ether oxygens (including phenoxy) is 1. The zero-order valence-corrected chi connectivity index (χ0v) is 15.2. The van der Waals surface area contributed by atoms with E-state index in [2.05, 4.69) is 43.2 Å². The Morgan fingerprint density at radius 2 is 1.75 bits per heavy atom. The number of methoxy groups -OCH3 is 1. The van der Waals surface area contributed by atoms with E-state index in [4.69, 9.17) is 4.74 Å². The Labute approximate surface area is 138 Å². The van der Waals surface area contributed by atoms with Gasteiger partial charge in [-0.2, -0.15) is 0 Å². The number of hydrogen-bond donors (Lipinski definition) is 1. The molecule has 112 valence electrons. The summed E-state index contributed by atoms with van der Waals surface area (Å²) in [6, 6.07) is 4.82. The van der Waals surface area contributed by atoms with E-state index in [0.717, 1.165) is 21.2 Å². The van der Waals surface area contributed by atoms with E-state index in [1.165, 1.54) is 50.5 Å². The molecule has 1 saturated carbocycles. The van der Waals surface area contributed by atoms with E-state index >= 15 is 0 Å². The summed E-state index contributed by atoms with van der Waals surface area (Å²) < 4.78 is 7.59. The molecule has 0 radical (unpaired) electrons. The van der Waals surface area contributed by atoms with Crippen LogP contribution in [0, 0.1) is 0 Å². The Hall–Kier alpha value is -0.0600. The van der Waals surface area contributed by atoms with E-state index < -0.39 is 0 Å². The molecule has 0 aromatic heterocycles. The van der Waals surface area contributed by atoms with Crippen LogP contribution in [-0.2, 0) is 6.54 Å². The van der Waals surface area contributed by atoms with Crippen LogP contribution >= 0.6 is 31.9 Å². The largest absolute Gasteiger partial charge is 0.495 e. The zero-order valence-electron chi connectivity index (χ0n) is 12.1. The second-order valence-corrected chi connectivity index (χ2v) is 7.27. The Balaban J connectivity index is 1.98. The van der Waals surface area contributed by atoms with Gasteiger partial charge in [0.25, 0.3) is 0 Å². The SMILES string of the molecule is COc1c(Br)cc(Br)cc1CNC1CCCCCCC1. The summed E-state index contributed by atoms with van der Waals surface area (Å²) in [7, 11) is 1.73. The molecule has 20 heavy (non-hydrogen) atoms. The maximum Gasteiger partial charge on any atom is 0.137 e. The van der Waals surface area contributed by atoms with E-state index in [1.807, 2.05) is 6.07 Å². The predicted octanol–water partition coefficient (Wildman–Crippen LogP) is 5.42. The lowest BCUT2D eigenvalue weighted by Gasteiger charge is -2.22. The van der Waals surface area contributed by atoms with Crippen molar-refractivity contribution in [1.29, 1.82) is 0 Å². The molecule has 0 unspecified atom stereocenters. The molecule has 0 spiro atoms. The lowest BCUT2D eigenvalue weighted by atomic mass is 9.96. The third-order valence-electron chi connectivity index (χ3n) is 3.98. The lowest BCUT2D eigenvalue weighted by Crippen LogP contribution is -2.29. The quantitative estimate of drug-likeness (QED) is 0.722. The van der Waals surface area contributed by atoms with Crippen molar-refractivity contribution in [2.75, 3.05) is 7.11 Å². The van der Waals surface area contributed by atoms with Crippen LogP contribution in [0.2, 0.25) is 0 Å². The molecular weight excluding hydrogens is 382 g/mol. The minimum Gasteiger partial charge on any atom is -0.495 e. The molecule has 1 aliphatic carbocycles. The van der Waals surface area contributed by atoms with Crippen LogP contribution in [-0.4, -0.2) is 13.2 Å². The molecule has 0 bridgehead atoms. The third kappa shape index (κ3) is 4.74. The number of halogens is 2. The second kappa shape index (κ2) is 8.40. The van der Waals surface area contributed by atoms with Gasteiger partial charge in [-0.25, -0.2) is 0 Å². The average molecular weight is 405 g/mol. The molecule has 2 rings (SSSR count). The van der Waals surface area contributed by atoms with Crippen molar-refractivity contribution in [3.63, 3.8) is 0 Å². The molecule has 0 aliphatic heterocycles. The molecule has 2 nitrogen and oxygen atoms in total. The van der Waals surface area contributed by atoms with Gasteiger partial charge >= 0.3 is 0 Å². The Morgan fingerprint density at radius 1 is 1.10 bits per heavy atom. The highest BCUT2D eigenvalue weighted by molar-refractivity contribution is 9.11. The van der Waals surface area contributed by atoms with Gasteiger partial charge in [0, 0.05) is 22.6 Å². The monoisotopic (exact) mass is 403 g/mol. The van der Waals surface area contributed by atoms with Crippen molar-refractivity contribution < 1.29 is 4.74 Å². The van der Waals surface area contributed by atoms with Crippen molar-refractivity contribution in [2.24, 2.45) is 0 Å². The van der Waals surface area contributed by atoms with E-state index in [1.54, 1.807) is 7.11 Å². The first-order valence-electron chi connectivity index (χ1n) is 7.46. The molecule has 1 aromatic rings. The number of rotatable bonds is 4. The van der Waals surface area contributed by atoms with Gasteiger partial charge in [-0.1, -0.05) is 48.0 Å². The van der Waals surface area contributed by atoms with Crippen molar-refractivity contribution in [2.45, 2.75) is 57.5 Å². The highest BCUT2D eigenvalue weighted by Gasteiger charge is 2.13. The fourth-order valence-electron chi connectivity index (χ4n) is 2.89. The lowest BCUT2D eigenvalue weighted by molar-refractivity contribution is 0.377.